The molecule has 0 aliphatic heterocycles. The van der Waals surface area contributed by atoms with Gasteiger partial charge in [0.05, 0.1) is 19.6 Å². The molecular formula is C12H20N4O6. The zero-order valence-corrected chi connectivity index (χ0v) is 12.3. The fraction of sp³-hybridized carbons (Fsp3) is 0.667. The first kappa shape index (κ1) is 19.6. The number of rotatable bonds is 11. The highest BCUT2D eigenvalue weighted by Crippen LogP contribution is 1.95. The van der Waals surface area contributed by atoms with Crippen LogP contribution in [0, 0.1) is 11.5 Å². The number of carbonyl (C=O) groups is 3. The van der Waals surface area contributed by atoms with Crippen LogP contribution in [0.3, 0.4) is 0 Å². The predicted octanol–water partition coefficient (Wildman–Crippen LogP) is -0.759. The lowest BCUT2D eigenvalue weighted by Gasteiger charge is -2.25. The van der Waals surface area contributed by atoms with Gasteiger partial charge in [0.2, 0.25) is 0 Å². The number of hydrogen-bond acceptors (Lipinski definition) is 6. The van der Waals surface area contributed by atoms with Crippen molar-refractivity contribution in [1.29, 1.82) is 5.26 Å². The molecule has 0 aromatic carbocycles. The highest BCUT2D eigenvalue weighted by atomic mass is 16.4. The van der Waals surface area contributed by atoms with Gasteiger partial charge in [0.1, 0.15) is 0 Å². The van der Waals surface area contributed by atoms with E-state index in [9.17, 15) is 14.4 Å². The summed E-state index contributed by atoms with van der Waals surface area (Å²) < 4.78 is 0. The third kappa shape index (κ3) is 8.72. The van der Waals surface area contributed by atoms with Gasteiger partial charge in [-0.1, -0.05) is 6.92 Å². The third-order valence-corrected chi connectivity index (χ3v) is 2.89. The van der Waals surface area contributed by atoms with Crippen LogP contribution < -0.4 is 0 Å². The Morgan fingerprint density at radius 2 is 1.36 bits per heavy atom. The fourth-order valence-electron chi connectivity index (χ4n) is 1.74. The highest BCUT2D eigenvalue weighted by molar-refractivity contribution is 5.72. The first-order chi connectivity index (χ1) is 10.3. The van der Waals surface area contributed by atoms with Crippen molar-refractivity contribution in [2.75, 3.05) is 45.8 Å². The molecule has 0 aliphatic rings. The summed E-state index contributed by atoms with van der Waals surface area (Å²) in [5.41, 5.74) is 0. The van der Waals surface area contributed by atoms with Crippen molar-refractivity contribution in [2.24, 2.45) is 0 Å². The number of nitriles is 1. The molecule has 0 rings (SSSR count). The molecule has 0 spiro atoms. The van der Waals surface area contributed by atoms with Crippen molar-refractivity contribution >= 4 is 18.0 Å². The van der Waals surface area contributed by atoms with Crippen LogP contribution >= 0.6 is 0 Å². The van der Waals surface area contributed by atoms with Crippen LogP contribution in [0.5, 0.6) is 0 Å². The molecule has 0 aliphatic carbocycles. The molecule has 3 N–H and O–H groups in total. The van der Waals surface area contributed by atoms with Crippen LogP contribution in [0.1, 0.15) is 6.92 Å². The van der Waals surface area contributed by atoms with Crippen LogP contribution in [0.4, 0.5) is 4.79 Å². The number of nitrogens with zero attached hydrogens (tertiary/aromatic N) is 4. The second-order valence-corrected chi connectivity index (χ2v) is 4.47. The SMILES string of the molecule is CCN(CCN(CC(=O)O)CC(=O)O)CCN(C#N)C(=O)O. The van der Waals surface area contributed by atoms with Gasteiger partial charge in [-0.2, -0.15) is 5.26 Å². The normalized spacial score (nSPS) is 10.5. The number of hydrogen-bond donors (Lipinski definition) is 3. The first-order valence-electron chi connectivity index (χ1n) is 6.58. The van der Waals surface area contributed by atoms with Gasteiger partial charge in [-0.25, -0.2) is 9.69 Å². The summed E-state index contributed by atoms with van der Waals surface area (Å²) >= 11 is 0. The van der Waals surface area contributed by atoms with Crippen LogP contribution in [0.25, 0.3) is 0 Å². The maximum atomic E-state index is 10.7. The second kappa shape index (κ2) is 10.4. The molecule has 0 unspecified atom stereocenters. The summed E-state index contributed by atoms with van der Waals surface area (Å²) in [6.45, 7) is 2.50. The van der Waals surface area contributed by atoms with Crippen molar-refractivity contribution in [3.8, 4) is 6.19 Å². The maximum absolute atomic E-state index is 10.7. The largest absolute Gasteiger partial charge is 0.480 e. The molecule has 0 saturated carbocycles. The summed E-state index contributed by atoms with van der Waals surface area (Å²) in [6.07, 6.45) is 0.203. The summed E-state index contributed by atoms with van der Waals surface area (Å²) in [7, 11) is 0. The van der Waals surface area contributed by atoms with Crippen LogP contribution in [-0.4, -0.2) is 93.9 Å². The Balaban J connectivity index is 4.40. The van der Waals surface area contributed by atoms with E-state index < -0.39 is 18.0 Å². The molecule has 0 radical (unpaired) electrons. The lowest BCUT2D eigenvalue weighted by molar-refractivity contribution is -0.141. The highest BCUT2D eigenvalue weighted by Gasteiger charge is 2.16. The van der Waals surface area contributed by atoms with Gasteiger partial charge in [-0.05, 0) is 6.54 Å². The van der Waals surface area contributed by atoms with Crippen molar-refractivity contribution in [2.45, 2.75) is 6.92 Å². The third-order valence-electron chi connectivity index (χ3n) is 2.89. The molecule has 0 fully saturated rings. The zero-order chi connectivity index (χ0) is 17.1. The van der Waals surface area contributed by atoms with E-state index in [4.69, 9.17) is 20.6 Å². The van der Waals surface area contributed by atoms with Gasteiger partial charge in [0.15, 0.2) is 6.19 Å². The zero-order valence-electron chi connectivity index (χ0n) is 12.3. The minimum atomic E-state index is -1.34. The molecule has 0 bridgehead atoms. The fourth-order valence-corrected chi connectivity index (χ4v) is 1.74. The Morgan fingerprint density at radius 1 is 0.909 bits per heavy atom. The minimum absolute atomic E-state index is 0.00245. The maximum Gasteiger partial charge on any atom is 0.420 e. The van der Waals surface area contributed by atoms with E-state index in [0.29, 0.717) is 24.5 Å². The molecule has 0 atom stereocenters. The number of carboxylic acid groups (broad SMARTS) is 3. The molecular weight excluding hydrogens is 296 g/mol. The summed E-state index contributed by atoms with van der Waals surface area (Å²) in [5.74, 6) is -2.24. The van der Waals surface area contributed by atoms with Crippen LogP contribution in [0.15, 0.2) is 0 Å². The topological polar surface area (TPSA) is 145 Å². The van der Waals surface area contributed by atoms with Crippen molar-refractivity contribution in [1.82, 2.24) is 14.7 Å². The summed E-state index contributed by atoms with van der Waals surface area (Å²) in [4.78, 5) is 35.7. The Hall–Kier alpha value is -2.38. The molecule has 124 valence electrons. The molecule has 0 aromatic heterocycles. The van der Waals surface area contributed by atoms with Gasteiger partial charge >= 0.3 is 18.0 Å². The molecule has 10 nitrogen and oxygen atoms in total. The van der Waals surface area contributed by atoms with Gasteiger partial charge in [0, 0.05) is 19.6 Å². The van der Waals surface area contributed by atoms with E-state index in [2.05, 4.69) is 0 Å². The predicted molar refractivity (Wildman–Crippen MR) is 74.2 cm³/mol. The first-order valence-corrected chi connectivity index (χ1v) is 6.58. The van der Waals surface area contributed by atoms with Crippen LogP contribution in [-0.2, 0) is 9.59 Å². The lowest BCUT2D eigenvalue weighted by Crippen LogP contribution is -2.42. The Bertz CT molecular complexity index is 420. The van der Waals surface area contributed by atoms with Crippen molar-refractivity contribution < 1.29 is 29.7 Å². The summed E-state index contributed by atoms with van der Waals surface area (Å²) in [5, 5.41) is 34.8. The second-order valence-electron chi connectivity index (χ2n) is 4.47. The monoisotopic (exact) mass is 316 g/mol. The Morgan fingerprint density at radius 3 is 1.73 bits per heavy atom. The van der Waals surface area contributed by atoms with Crippen molar-refractivity contribution in [3.63, 3.8) is 0 Å². The molecule has 0 aromatic rings. The van der Waals surface area contributed by atoms with E-state index in [0.717, 1.165) is 0 Å². The molecule has 22 heavy (non-hydrogen) atoms. The Kier molecular flexibility index (Phi) is 9.24. The average molecular weight is 316 g/mol. The van der Waals surface area contributed by atoms with E-state index in [-0.39, 0.29) is 26.2 Å². The van der Waals surface area contributed by atoms with E-state index in [1.54, 1.807) is 0 Å². The van der Waals surface area contributed by atoms with E-state index >= 15 is 0 Å². The molecule has 10 heteroatoms. The lowest BCUT2D eigenvalue weighted by atomic mass is 10.4. The molecule has 0 heterocycles. The Labute approximate surface area is 127 Å². The molecule has 0 saturated heterocycles. The van der Waals surface area contributed by atoms with Crippen LogP contribution in [0.2, 0.25) is 0 Å². The number of likely N-dealkylation sites (N-methyl/N-ethyl adjacent to an activating group) is 1. The van der Waals surface area contributed by atoms with Crippen molar-refractivity contribution in [3.05, 3.63) is 0 Å². The van der Waals surface area contributed by atoms with Gasteiger partial charge in [-0.3, -0.25) is 14.5 Å². The van der Waals surface area contributed by atoms with E-state index in [1.807, 2.05) is 11.8 Å². The van der Waals surface area contributed by atoms with E-state index in [1.165, 1.54) is 11.1 Å². The molecule has 1 amide bonds. The smallest absolute Gasteiger partial charge is 0.420 e. The quantitative estimate of drug-likeness (QED) is 0.330. The average Bonchev–Trinajstić information content (AvgIpc) is 2.40. The standard InChI is InChI=1S/C12H20N4O6/c1-2-14(5-6-16(9-13)12(21)22)3-4-15(7-10(17)18)8-11(19)20/h2-8H2,1H3,(H,17,18)(H,19,20)(H,21,22). The van der Waals surface area contributed by atoms with Gasteiger partial charge in [0.25, 0.3) is 0 Å². The van der Waals surface area contributed by atoms with Gasteiger partial charge in [-0.15, -0.1) is 0 Å². The summed E-state index contributed by atoms with van der Waals surface area (Å²) in [6, 6.07) is 0. The number of carboxylic acids is 2. The number of amides is 1. The number of aliphatic carboxylic acids is 2. The van der Waals surface area contributed by atoms with Gasteiger partial charge < -0.3 is 20.2 Å². The minimum Gasteiger partial charge on any atom is -0.480 e.